The molecule has 3 aromatic carbocycles. The molecule has 0 aliphatic carbocycles. The molecule has 1 fully saturated rings. The van der Waals surface area contributed by atoms with Gasteiger partial charge in [-0.25, -0.2) is 0 Å². The van der Waals surface area contributed by atoms with E-state index in [4.69, 9.17) is 9.47 Å². The molecule has 0 radical (unpaired) electrons. The van der Waals surface area contributed by atoms with Crippen LogP contribution in [0.5, 0.6) is 23.0 Å². The smallest absolute Gasteiger partial charge is 0.150 e. The molecule has 5 nitrogen and oxygen atoms in total. The second-order valence-electron chi connectivity index (χ2n) is 10.3. The summed E-state index contributed by atoms with van der Waals surface area (Å²) in [4.78, 5) is 2.50. The highest BCUT2D eigenvalue weighted by Gasteiger charge is 2.30. The van der Waals surface area contributed by atoms with E-state index in [1.807, 2.05) is 44.2 Å². The number of fused-ring (bicyclic) bond motifs is 1. The third-order valence-electron chi connectivity index (χ3n) is 7.55. The first-order valence-corrected chi connectivity index (χ1v) is 12.8. The Bertz CT molecular complexity index is 1280. The third-order valence-corrected chi connectivity index (χ3v) is 7.55. The van der Waals surface area contributed by atoms with E-state index in [1.165, 1.54) is 6.42 Å². The van der Waals surface area contributed by atoms with Crippen molar-refractivity contribution in [2.24, 2.45) is 5.92 Å². The number of hydrogen-bond donors (Lipinski definition) is 2. The highest BCUT2D eigenvalue weighted by molar-refractivity contribution is 5.96. The van der Waals surface area contributed by atoms with E-state index in [9.17, 15) is 10.2 Å². The largest absolute Gasteiger partial charge is 0.508 e. The van der Waals surface area contributed by atoms with Crippen LogP contribution >= 0.6 is 0 Å². The van der Waals surface area contributed by atoms with Crippen LogP contribution in [0.3, 0.4) is 0 Å². The Labute approximate surface area is 213 Å². The maximum atomic E-state index is 10.4. The van der Waals surface area contributed by atoms with Gasteiger partial charge in [0.05, 0.1) is 0 Å². The van der Waals surface area contributed by atoms with Crippen LogP contribution in [0.2, 0.25) is 0 Å². The van der Waals surface area contributed by atoms with Crippen molar-refractivity contribution >= 4 is 11.1 Å². The van der Waals surface area contributed by atoms with Crippen LogP contribution < -0.4 is 9.47 Å². The van der Waals surface area contributed by atoms with Crippen LogP contribution in [-0.4, -0.2) is 40.9 Å². The van der Waals surface area contributed by atoms with Gasteiger partial charge in [-0.3, -0.25) is 4.90 Å². The molecule has 0 bridgehead atoms. The monoisotopic (exact) mass is 485 g/mol. The molecule has 5 rings (SSSR count). The average Bonchev–Trinajstić information content (AvgIpc) is 3.31. The number of aryl methyl sites for hydroxylation is 1. The normalized spacial score (nSPS) is 20.7. The number of benzene rings is 3. The number of nitrogens with zero attached hydrogens (tertiary/aromatic N) is 1. The summed E-state index contributed by atoms with van der Waals surface area (Å²) in [6, 6.07) is 19.4. The summed E-state index contributed by atoms with van der Waals surface area (Å²) < 4.78 is 12.6. The molecule has 2 aliphatic heterocycles. The third kappa shape index (κ3) is 4.80. The minimum Gasteiger partial charge on any atom is -0.508 e. The molecule has 2 heterocycles. The lowest BCUT2D eigenvalue weighted by molar-refractivity contribution is 0.169. The maximum Gasteiger partial charge on any atom is 0.150 e. The predicted molar refractivity (Wildman–Crippen MR) is 144 cm³/mol. The van der Waals surface area contributed by atoms with Crippen LogP contribution in [0.15, 0.2) is 60.7 Å². The minimum absolute atomic E-state index is 0.195. The maximum absolute atomic E-state index is 10.4. The van der Waals surface area contributed by atoms with Crippen molar-refractivity contribution in [1.82, 2.24) is 4.90 Å². The lowest BCUT2D eigenvalue weighted by atomic mass is 9.85. The number of hydrogen-bond acceptors (Lipinski definition) is 5. The summed E-state index contributed by atoms with van der Waals surface area (Å²) in [7, 11) is 0. The van der Waals surface area contributed by atoms with Gasteiger partial charge in [0.15, 0.2) is 0 Å². The quantitative estimate of drug-likeness (QED) is 0.413. The van der Waals surface area contributed by atoms with E-state index >= 15 is 0 Å². The number of phenolic OH excluding ortho intramolecular Hbond substituents is 2. The van der Waals surface area contributed by atoms with Crippen molar-refractivity contribution in [1.29, 1.82) is 0 Å². The van der Waals surface area contributed by atoms with Crippen LogP contribution in [-0.2, 0) is 0 Å². The summed E-state index contributed by atoms with van der Waals surface area (Å²) in [5, 5.41) is 20.5. The van der Waals surface area contributed by atoms with E-state index in [0.29, 0.717) is 12.6 Å². The molecule has 2 aliphatic rings. The fraction of sp³-hybridized carbons (Fsp3) is 0.355. The van der Waals surface area contributed by atoms with Gasteiger partial charge in [-0.2, -0.15) is 0 Å². The number of phenols is 2. The summed E-state index contributed by atoms with van der Waals surface area (Å²) in [5.41, 5.74) is 5.54. The molecule has 0 saturated carbocycles. The molecule has 5 heteroatoms. The van der Waals surface area contributed by atoms with Gasteiger partial charge < -0.3 is 19.7 Å². The van der Waals surface area contributed by atoms with Crippen molar-refractivity contribution in [3.05, 3.63) is 82.9 Å². The van der Waals surface area contributed by atoms with Gasteiger partial charge in [0.1, 0.15) is 35.7 Å². The van der Waals surface area contributed by atoms with Gasteiger partial charge in [0.25, 0.3) is 0 Å². The molecule has 2 N–H and O–H groups in total. The van der Waals surface area contributed by atoms with Gasteiger partial charge in [-0.15, -0.1) is 0 Å². The SMILES string of the molecule is CC1=C(c2ccc(C)c(O)c2)C(c2ccc(OCC(C)N3CCC(C)C3)cc2)Oc2ccc(O)cc21. The number of aromatic hydroxyl groups is 2. The van der Waals surface area contributed by atoms with Gasteiger partial charge >= 0.3 is 0 Å². The molecule has 3 aromatic rings. The van der Waals surface area contributed by atoms with E-state index in [0.717, 1.165) is 63.9 Å². The molecular weight excluding hydrogens is 450 g/mol. The first kappa shape index (κ1) is 24.3. The lowest BCUT2D eigenvalue weighted by Crippen LogP contribution is -2.35. The number of ether oxygens (including phenoxy) is 2. The fourth-order valence-corrected chi connectivity index (χ4v) is 5.25. The Hall–Kier alpha value is -3.44. The Kier molecular flexibility index (Phi) is 6.67. The lowest BCUT2D eigenvalue weighted by Gasteiger charge is -2.31. The molecule has 0 aromatic heterocycles. The van der Waals surface area contributed by atoms with Crippen LogP contribution in [0.4, 0.5) is 0 Å². The Morgan fingerprint density at radius 2 is 1.81 bits per heavy atom. The molecular formula is C31H35NO4. The summed E-state index contributed by atoms with van der Waals surface area (Å²) in [6.45, 7) is 11.4. The van der Waals surface area contributed by atoms with Gasteiger partial charge in [-0.1, -0.05) is 31.2 Å². The predicted octanol–water partition coefficient (Wildman–Crippen LogP) is 6.58. The molecule has 1 saturated heterocycles. The fourth-order valence-electron chi connectivity index (χ4n) is 5.25. The van der Waals surface area contributed by atoms with Crippen molar-refractivity contribution in [3.8, 4) is 23.0 Å². The zero-order valence-corrected chi connectivity index (χ0v) is 21.5. The van der Waals surface area contributed by atoms with E-state index in [-0.39, 0.29) is 17.6 Å². The van der Waals surface area contributed by atoms with Crippen molar-refractivity contribution < 1.29 is 19.7 Å². The standard InChI is InChI=1S/C31H35NO4/c1-19-13-14-32(17-19)21(3)18-35-26-10-7-23(8-11-26)31-30(24-6-5-20(2)28(34)15-24)22(4)27-16-25(33)9-12-29(27)36-31/h5-12,15-16,19,21,31,33-34H,13-14,17-18H2,1-4H3. The number of allylic oxidation sites excluding steroid dienone is 1. The molecule has 0 amide bonds. The molecule has 188 valence electrons. The summed E-state index contributed by atoms with van der Waals surface area (Å²) in [6.07, 6.45) is 0.903. The van der Waals surface area contributed by atoms with Crippen molar-refractivity contribution in [2.75, 3.05) is 19.7 Å². The Morgan fingerprint density at radius 3 is 2.50 bits per heavy atom. The second-order valence-corrected chi connectivity index (χ2v) is 10.3. The topological polar surface area (TPSA) is 62.2 Å². The second kappa shape index (κ2) is 9.90. The van der Waals surface area contributed by atoms with Crippen LogP contribution in [0.25, 0.3) is 11.1 Å². The number of likely N-dealkylation sites (tertiary alicyclic amines) is 1. The molecule has 36 heavy (non-hydrogen) atoms. The number of rotatable bonds is 6. The van der Waals surface area contributed by atoms with Gasteiger partial charge in [-0.05, 0) is 98.3 Å². The molecule has 3 atom stereocenters. The Morgan fingerprint density at radius 1 is 1.03 bits per heavy atom. The van der Waals surface area contributed by atoms with E-state index < -0.39 is 0 Å². The van der Waals surface area contributed by atoms with Crippen molar-refractivity contribution in [3.63, 3.8) is 0 Å². The highest BCUT2D eigenvalue weighted by Crippen LogP contribution is 2.48. The van der Waals surface area contributed by atoms with E-state index in [2.05, 4.69) is 30.9 Å². The highest BCUT2D eigenvalue weighted by atomic mass is 16.5. The summed E-state index contributed by atoms with van der Waals surface area (Å²) >= 11 is 0. The van der Waals surface area contributed by atoms with Crippen molar-refractivity contribution in [2.45, 2.75) is 46.3 Å². The van der Waals surface area contributed by atoms with Gasteiger partial charge in [0.2, 0.25) is 0 Å². The first-order valence-electron chi connectivity index (χ1n) is 12.8. The van der Waals surface area contributed by atoms with Crippen LogP contribution in [0, 0.1) is 12.8 Å². The first-order chi connectivity index (χ1) is 17.3. The van der Waals surface area contributed by atoms with Crippen LogP contribution in [0.1, 0.15) is 55.5 Å². The Balaban J connectivity index is 1.42. The minimum atomic E-state index is -0.358. The van der Waals surface area contributed by atoms with E-state index in [1.54, 1.807) is 18.2 Å². The van der Waals surface area contributed by atoms with Gasteiger partial charge in [0, 0.05) is 23.7 Å². The zero-order valence-electron chi connectivity index (χ0n) is 21.5. The molecule has 3 unspecified atom stereocenters. The zero-order chi connectivity index (χ0) is 25.4. The average molecular weight is 486 g/mol. The summed E-state index contributed by atoms with van der Waals surface area (Å²) in [5.74, 6) is 2.77. The molecule has 0 spiro atoms.